The predicted molar refractivity (Wildman–Crippen MR) is 158 cm³/mol. The average Bonchev–Trinajstić information content (AvgIpc) is 3.27. The van der Waals surface area contributed by atoms with Crippen molar-refractivity contribution in [2.45, 2.75) is 108 Å². The van der Waals surface area contributed by atoms with E-state index in [2.05, 4.69) is 10.6 Å². The molecule has 0 aromatic heterocycles. The van der Waals surface area contributed by atoms with Crippen LogP contribution in [0.3, 0.4) is 0 Å². The number of halogens is 1. The molecule has 5 atom stereocenters. The number of nitrogens with one attached hydrogen (secondary N) is 2. The molecule has 4 amide bonds. The Kier molecular flexibility index (Phi) is 9.09. The van der Waals surface area contributed by atoms with Gasteiger partial charge in [0.25, 0.3) is 0 Å². The number of benzene rings is 1. The van der Waals surface area contributed by atoms with Crippen LogP contribution in [0.15, 0.2) is 30.4 Å². The molecule has 1 saturated heterocycles. The highest BCUT2D eigenvalue weighted by atomic mass is 19.1. The molecule has 1 aliphatic carbocycles. The Balaban J connectivity index is 1.37. The molecule has 2 fully saturated rings. The standard InChI is InChI=1S/C32H41FN4O8/c1-31(2,3)45-29(42)34-24-13-8-6-4-5-7-11-20-15-32(20,28(40)41)35-26(38)25-14-21(17-37(25)27(24)39)44-30(43)36-16-19-10-9-12-23(33)22(19)18-36/h7,9-12,20-21,24-25H,4-6,8,13-18H2,1-3H3,(H,34,42)(H,35,38)(H,40,41)/b11-7-/t20-,21+,24-,25?,32+/m0/s1. The van der Waals surface area contributed by atoms with E-state index in [-0.39, 0.29) is 44.8 Å². The summed E-state index contributed by atoms with van der Waals surface area (Å²) in [5.74, 6) is -3.20. The Morgan fingerprint density at radius 2 is 1.91 bits per heavy atom. The molecule has 5 rings (SSSR count). The molecule has 3 N–H and O–H groups in total. The van der Waals surface area contributed by atoms with Crippen molar-refractivity contribution in [3.63, 3.8) is 0 Å². The Labute approximate surface area is 261 Å². The molecule has 1 unspecified atom stereocenters. The molecule has 4 aliphatic rings. The van der Waals surface area contributed by atoms with E-state index in [1.54, 1.807) is 32.9 Å². The lowest BCUT2D eigenvalue weighted by Crippen LogP contribution is -2.56. The first-order valence-corrected chi connectivity index (χ1v) is 15.5. The molecule has 0 radical (unpaired) electrons. The van der Waals surface area contributed by atoms with Crippen molar-refractivity contribution in [2.24, 2.45) is 5.92 Å². The molecule has 45 heavy (non-hydrogen) atoms. The van der Waals surface area contributed by atoms with Gasteiger partial charge in [-0.2, -0.15) is 0 Å². The molecule has 0 spiro atoms. The molecule has 12 nitrogen and oxygen atoms in total. The average molecular weight is 629 g/mol. The van der Waals surface area contributed by atoms with Crippen molar-refractivity contribution < 1.29 is 42.9 Å². The third-order valence-electron chi connectivity index (χ3n) is 8.76. The zero-order valence-corrected chi connectivity index (χ0v) is 25.8. The fourth-order valence-electron chi connectivity index (χ4n) is 6.32. The summed E-state index contributed by atoms with van der Waals surface area (Å²) in [7, 11) is 0. The molecule has 3 heterocycles. The van der Waals surface area contributed by atoms with E-state index < -0.39 is 65.1 Å². The maximum atomic E-state index is 14.3. The van der Waals surface area contributed by atoms with Gasteiger partial charge in [-0.3, -0.25) is 14.5 Å². The van der Waals surface area contributed by atoms with Gasteiger partial charge < -0.3 is 30.1 Å². The summed E-state index contributed by atoms with van der Waals surface area (Å²) in [6.07, 6.45) is 4.66. The number of amides is 4. The van der Waals surface area contributed by atoms with Crippen molar-refractivity contribution >= 4 is 30.0 Å². The van der Waals surface area contributed by atoms with Gasteiger partial charge >= 0.3 is 18.2 Å². The molecular weight excluding hydrogens is 587 g/mol. The minimum absolute atomic E-state index is 0.0258. The maximum Gasteiger partial charge on any atom is 0.410 e. The number of aliphatic carboxylic acids is 1. The van der Waals surface area contributed by atoms with Crippen LogP contribution in [0.25, 0.3) is 0 Å². The van der Waals surface area contributed by atoms with Gasteiger partial charge in [0.1, 0.15) is 35.1 Å². The lowest BCUT2D eigenvalue weighted by molar-refractivity contribution is -0.145. The number of carbonyl (C=O) groups is 5. The van der Waals surface area contributed by atoms with Gasteiger partial charge in [-0.1, -0.05) is 37.1 Å². The summed E-state index contributed by atoms with van der Waals surface area (Å²) in [4.78, 5) is 68.5. The number of ether oxygens (including phenoxy) is 2. The van der Waals surface area contributed by atoms with Gasteiger partial charge in [-0.15, -0.1) is 0 Å². The number of carboxylic acid groups (broad SMARTS) is 1. The second-order valence-electron chi connectivity index (χ2n) is 13.3. The summed E-state index contributed by atoms with van der Waals surface area (Å²) in [5.41, 5.74) is -1.22. The van der Waals surface area contributed by atoms with Crippen LogP contribution in [0.1, 0.15) is 76.8 Å². The molecule has 1 aromatic carbocycles. The number of hydrogen-bond acceptors (Lipinski definition) is 7. The number of hydrogen-bond donors (Lipinski definition) is 3. The van der Waals surface area contributed by atoms with E-state index in [1.165, 1.54) is 15.9 Å². The highest BCUT2D eigenvalue weighted by Crippen LogP contribution is 2.45. The first-order valence-electron chi connectivity index (χ1n) is 15.5. The van der Waals surface area contributed by atoms with E-state index in [4.69, 9.17) is 9.47 Å². The smallest absolute Gasteiger partial charge is 0.410 e. The molecule has 13 heteroatoms. The van der Waals surface area contributed by atoms with Crippen LogP contribution in [0.5, 0.6) is 0 Å². The first kappa shape index (κ1) is 32.2. The normalized spacial score (nSPS) is 29.2. The van der Waals surface area contributed by atoms with Crippen LogP contribution in [0, 0.1) is 11.7 Å². The Hall–Kier alpha value is -4.16. The van der Waals surface area contributed by atoms with Crippen molar-refractivity contribution in [3.05, 3.63) is 47.3 Å². The van der Waals surface area contributed by atoms with Gasteiger partial charge in [0, 0.05) is 24.4 Å². The summed E-state index contributed by atoms with van der Waals surface area (Å²) in [6, 6.07) is 2.45. The summed E-state index contributed by atoms with van der Waals surface area (Å²) in [6.45, 7) is 5.15. The highest BCUT2D eigenvalue weighted by Gasteiger charge is 2.61. The molecule has 3 aliphatic heterocycles. The Morgan fingerprint density at radius 3 is 2.62 bits per heavy atom. The predicted octanol–water partition coefficient (Wildman–Crippen LogP) is 3.62. The Bertz CT molecular complexity index is 1390. The summed E-state index contributed by atoms with van der Waals surface area (Å²) >= 11 is 0. The fourth-order valence-corrected chi connectivity index (χ4v) is 6.32. The van der Waals surface area contributed by atoms with Crippen LogP contribution in [0.2, 0.25) is 0 Å². The van der Waals surface area contributed by atoms with E-state index in [1.807, 2.05) is 12.2 Å². The maximum absolute atomic E-state index is 14.3. The Morgan fingerprint density at radius 1 is 1.13 bits per heavy atom. The number of allylic oxidation sites excluding steroid dienone is 1. The van der Waals surface area contributed by atoms with Gasteiger partial charge in [0.05, 0.1) is 13.1 Å². The van der Waals surface area contributed by atoms with Crippen molar-refractivity contribution in [3.8, 4) is 0 Å². The van der Waals surface area contributed by atoms with Gasteiger partial charge in [0.2, 0.25) is 11.8 Å². The summed E-state index contributed by atoms with van der Waals surface area (Å²) in [5, 5.41) is 15.4. The number of carboxylic acids is 1. The molecule has 1 aromatic rings. The molecule has 0 bridgehead atoms. The second kappa shape index (κ2) is 12.7. The zero-order chi connectivity index (χ0) is 32.5. The van der Waals surface area contributed by atoms with Crippen LogP contribution in [-0.4, -0.2) is 80.7 Å². The van der Waals surface area contributed by atoms with Crippen molar-refractivity contribution in [2.75, 3.05) is 6.54 Å². The molecule has 244 valence electrons. The third-order valence-corrected chi connectivity index (χ3v) is 8.76. The first-order chi connectivity index (χ1) is 21.3. The largest absolute Gasteiger partial charge is 0.479 e. The quantitative estimate of drug-likeness (QED) is 0.429. The van der Waals surface area contributed by atoms with E-state index in [0.29, 0.717) is 17.5 Å². The molecule has 1 saturated carbocycles. The number of alkyl carbamates (subject to hydrolysis) is 1. The summed E-state index contributed by atoms with van der Waals surface area (Å²) < 4.78 is 25.4. The number of nitrogens with zero attached hydrogens (tertiary/aromatic N) is 2. The minimum atomic E-state index is -1.49. The lowest BCUT2D eigenvalue weighted by atomic mass is 10.0. The van der Waals surface area contributed by atoms with Crippen molar-refractivity contribution in [1.82, 2.24) is 20.4 Å². The van der Waals surface area contributed by atoms with Crippen LogP contribution >= 0.6 is 0 Å². The monoisotopic (exact) mass is 628 g/mol. The number of rotatable bonds is 3. The second-order valence-corrected chi connectivity index (χ2v) is 13.3. The highest BCUT2D eigenvalue weighted by molar-refractivity contribution is 5.96. The SMILES string of the molecule is CC(C)(C)OC(=O)N[C@H]1CCCCC/C=C\[C@H]2C[C@@]2(C(=O)O)NC(=O)C2C[C@@H](OC(=O)N3Cc4cccc(F)c4C3)CN2C1=O. The fraction of sp³-hybridized carbons (Fsp3) is 0.594. The van der Waals surface area contributed by atoms with Gasteiger partial charge in [0.15, 0.2) is 0 Å². The van der Waals surface area contributed by atoms with Gasteiger partial charge in [-0.25, -0.2) is 18.8 Å². The van der Waals surface area contributed by atoms with E-state index >= 15 is 0 Å². The van der Waals surface area contributed by atoms with Crippen LogP contribution in [-0.2, 0) is 36.9 Å². The van der Waals surface area contributed by atoms with E-state index in [9.17, 15) is 33.5 Å². The lowest BCUT2D eigenvalue weighted by Gasteiger charge is -2.30. The minimum Gasteiger partial charge on any atom is -0.479 e. The van der Waals surface area contributed by atoms with Gasteiger partial charge in [-0.05, 0) is 58.1 Å². The number of carbonyl (C=O) groups excluding carboxylic acids is 4. The van der Waals surface area contributed by atoms with Crippen molar-refractivity contribution in [1.29, 1.82) is 0 Å². The molecular formula is C32H41FN4O8. The zero-order valence-electron chi connectivity index (χ0n) is 25.8. The van der Waals surface area contributed by atoms with E-state index in [0.717, 1.165) is 19.3 Å². The number of fused-ring (bicyclic) bond motifs is 3. The van der Waals surface area contributed by atoms with Crippen LogP contribution in [0.4, 0.5) is 14.0 Å². The topological polar surface area (TPSA) is 155 Å². The van der Waals surface area contributed by atoms with Crippen LogP contribution < -0.4 is 10.6 Å². The third kappa shape index (κ3) is 7.23.